The smallest absolute Gasteiger partial charge is 0.193 e. The van der Waals surface area contributed by atoms with Crippen LogP contribution in [0.4, 0.5) is 0 Å². The van der Waals surface area contributed by atoms with Gasteiger partial charge in [-0.3, -0.25) is 14.8 Å². The molecule has 1 aromatic rings. The first kappa shape index (κ1) is 20.4. The Kier molecular flexibility index (Phi) is 8.44. The van der Waals surface area contributed by atoms with E-state index in [2.05, 4.69) is 37.1 Å². The largest absolute Gasteiger partial charge is 0.364 e. The summed E-state index contributed by atoms with van der Waals surface area (Å²) in [6.07, 6.45) is 4.38. The molecule has 2 aliphatic rings. The number of hydrogen-bond donors (Lipinski definition) is 1. The minimum Gasteiger partial charge on any atom is -0.364 e. The Balaban J connectivity index is 0.00000225. The van der Waals surface area contributed by atoms with E-state index in [9.17, 15) is 0 Å². The van der Waals surface area contributed by atoms with Crippen LogP contribution in [-0.2, 0) is 6.54 Å². The first-order valence-corrected chi connectivity index (χ1v) is 9.11. The van der Waals surface area contributed by atoms with E-state index in [1.165, 1.54) is 12.8 Å². The summed E-state index contributed by atoms with van der Waals surface area (Å²) < 4.78 is 4.91. The average molecular weight is 462 g/mol. The molecule has 7 nitrogen and oxygen atoms in total. The van der Waals surface area contributed by atoms with Crippen LogP contribution in [0.2, 0.25) is 0 Å². The lowest BCUT2D eigenvalue weighted by atomic mass is 10.3. The molecule has 1 saturated carbocycles. The Morgan fingerprint density at radius 3 is 2.68 bits per heavy atom. The molecule has 1 aromatic heterocycles. The van der Waals surface area contributed by atoms with Crippen molar-refractivity contribution in [1.29, 1.82) is 0 Å². The summed E-state index contributed by atoms with van der Waals surface area (Å²) in [5.74, 6) is 1.03. The number of halogens is 1. The summed E-state index contributed by atoms with van der Waals surface area (Å²) in [6.45, 7) is 10.4. The highest BCUT2D eigenvalue weighted by Crippen LogP contribution is 2.25. The molecule has 1 saturated heterocycles. The van der Waals surface area contributed by atoms with Crippen LogP contribution in [0.5, 0.6) is 0 Å². The summed E-state index contributed by atoms with van der Waals surface area (Å²) in [6, 6.07) is 2.77. The van der Waals surface area contributed by atoms with E-state index >= 15 is 0 Å². The second-order valence-corrected chi connectivity index (χ2v) is 6.59. The summed E-state index contributed by atoms with van der Waals surface area (Å²) in [5.41, 5.74) is 1.01. The maximum absolute atomic E-state index is 4.91. The fraction of sp³-hybridized carbons (Fsp3) is 0.765. The molecule has 25 heavy (non-hydrogen) atoms. The van der Waals surface area contributed by atoms with Gasteiger partial charge in [-0.25, -0.2) is 0 Å². The maximum atomic E-state index is 4.91. The van der Waals surface area contributed by atoms with Gasteiger partial charge in [-0.1, -0.05) is 12.1 Å². The van der Waals surface area contributed by atoms with Crippen LogP contribution >= 0.6 is 24.0 Å². The lowest BCUT2D eigenvalue weighted by Crippen LogP contribution is -2.53. The molecule has 0 atom stereocenters. The maximum Gasteiger partial charge on any atom is 0.193 e. The van der Waals surface area contributed by atoms with Gasteiger partial charge in [-0.15, -0.1) is 24.0 Å². The van der Waals surface area contributed by atoms with Crippen LogP contribution < -0.4 is 5.32 Å². The summed E-state index contributed by atoms with van der Waals surface area (Å²) in [5, 5.41) is 7.53. The van der Waals surface area contributed by atoms with Crippen LogP contribution in [0.1, 0.15) is 25.5 Å². The Morgan fingerprint density at radius 1 is 1.36 bits per heavy atom. The molecule has 142 valence electrons. The highest BCUT2D eigenvalue weighted by molar-refractivity contribution is 14.0. The third-order valence-electron chi connectivity index (χ3n) is 4.91. The van der Waals surface area contributed by atoms with Crippen molar-refractivity contribution < 1.29 is 4.52 Å². The monoisotopic (exact) mass is 462 g/mol. The molecule has 3 rings (SSSR count). The average Bonchev–Trinajstić information content (AvgIpc) is 3.33. The van der Waals surface area contributed by atoms with Crippen molar-refractivity contribution in [2.45, 2.75) is 32.4 Å². The molecule has 1 aliphatic heterocycles. The number of guanidine groups is 1. The molecule has 1 aliphatic carbocycles. The Labute approximate surface area is 167 Å². The fourth-order valence-corrected chi connectivity index (χ4v) is 3.35. The van der Waals surface area contributed by atoms with Gasteiger partial charge < -0.3 is 14.7 Å². The highest BCUT2D eigenvalue weighted by atomic mass is 127. The van der Waals surface area contributed by atoms with Crippen LogP contribution in [-0.4, -0.2) is 84.7 Å². The number of nitrogens with zero attached hydrogens (tertiary/aromatic N) is 5. The number of rotatable bonds is 7. The van der Waals surface area contributed by atoms with E-state index in [4.69, 9.17) is 4.52 Å². The van der Waals surface area contributed by atoms with Gasteiger partial charge in [0, 0.05) is 65.0 Å². The number of nitrogens with one attached hydrogen (secondary N) is 1. The van der Waals surface area contributed by atoms with Gasteiger partial charge in [0.25, 0.3) is 0 Å². The number of hydrogen-bond acceptors (Lipinski definition) is 5. The second kappa shape index (κ2) is 10.3. The third kappa shape index (κ3) is 6.10. The number of piperazine rings is 1. The second-order valence-electron chi connectivity index (χ2n) is 6.59. The minimum atomic E-state index is 0. The zero-order chi connectivity index (χ0) is 16.8. The van der Waals surface area contributed by atoms with Crippen molar-refractivity contribution in [3.8, 4) is 0 Å². The topological polar surface area (TPSA) is 60.1 Å². The molecule has 2 heterocycles. The van der Waals surface area contributed by atoms with Gasteiger partial charge in [0.1, 0.15) is 6.26 Å². The first-order chi connectivity index (χ1) is 11.8. The zero-order valence-corrected chi connectivity index (χ0v) is 17.7. The normalized spacial score (nSPS) is 19.2. The molecule has 0 radical (unpaired) electrons. The minimum absolute atomic E-state index is 0. The summed E-state index contributed by atoms with van der Waals surface area (Å²) >= 11 is 0. The zero-order valence-electron chi connectivity index (χ0n) is 15.4. The highest BCUT2D eigenvalue weighted by Gasteiger charge is 2.27. The van der Waals surface area contributed by atoms with Crippen LogP contribution in [0.25, 0.3) is 0 Å². The van der Waals surface area contributed by atoms with Crippen molar-refractivity contribution in [3.63, 3.8) is 0 Å². The van der Waals surface area contributed by atoms with Crippen molar-refractivity contribution in [3.05, 3.63) is 18.0 Å². The van der Waals surface area contributed by atoms with E-state index in [-0.39, 0.29) is 24.0 Å². The SMILES string of the molecule is CCN(CCNC(=NC)N1CCN(Cc2ccon2)CC1)C1CC1.I. The molecular weight excluding hydrogens is 431 g/mol. The van der Waals surface area contributed by atoms with Crippen LogP contribution in [0, 0.1) is 0 Å². The van der Waals surface area contributed by atoms with Gasteiger partial charge in [-0.05, 0) is 19.4 Å². The standard InChI is InChI=1S/C17H30N6O.HI/c1-3-22(16-4-5-16)8-7-19-17(18-2)23-11-9-21(10-12-23)14-15-6-13-24-20-15;/h6,13,16H,3-5,7-12,14H2,1-2H3,(H,18,19);1H. The quantitative estimate of drug-likeness (QED) is 0.377. The lowest BCUT2D eigenvalue weighted by Gasteiger charge is -2.36. The van der Waals surface area contributed by atoms with Crippen molar-refractivity contribution in [1.82, 2.24) is 25.2 Å². The summed E-state index contributed by atoms with van der Waals surface area (Å²) in [7, 11) is 1.88. The van der Waals surface area contributed by atoms with Gasteiger partial charge in [0.15, 0.2) is 5.96 Å². The molecule has 1 N–H and O–H groups in total. The summed E-state index contributed by atoms with van der Waals surface area (Å²) in [4.78, 5) is 11.8. The van der Waals surface area contributed by atoms with E-state index < -0.39 is 0 Å². The first-order valence-electron chi connectivity index (χ1n) is 9.11. The van der Waals surface area contributed by atoms with Gasteiger partial charge in [-0.2, -0.15) is 0 Å². The lowest BCUT2D eigenvalue weighted by molar-refractivity contribution is 0.168. The van der Waals surface area contributed by atoms with E-state index in [1.807, 2.05) is 13.1 Å². The number of likely N-dealkylation sites (N-methyl/N-ethyl adjacent to an activating group) is 1. The molecule has 0 aromatic carbocycles. The van der Waals surface area contributed by atoms with Crippen molar-refractivity contribution >= 4 is 29.9 Å². The van der Waals surface area contributed by atoms with E-state index in [0.717, 1.165) is 70.1 Å². The molecule has 0 bridgehead atoms. The molecular formula is C17H31IN6O. The van der Waals surface area contributed by atoms with Crippen LogP contribution in [0.3, 0.4) is 0 Å². The third-order valence-corrected chi connectivity index (χ3v) is 4.91. The van der Waals surface area contributed by atoms with Gasteiger partial charge in [0.05, 0.1) is 5.69 Å². The van der Waals surface area contributed by atoms with E-state index in [1.54, 1.807) is 6.26 Å². The van der Waals surface area contributed by atoms with Gasteiger partial charge >= 0.3 is 0 Å². The Hall–Kier alpha value is -0.870. The molecule has 0 unspecified atom stereocenters. The van der Waals surface area contributed by atoms with Crippen LogP contribution in [0.15, 0.2) is 21.8 Å². The van der Waals surface area contributed by atoms with Crippen molar-refractivity contribution in [2.75, 3.05) is 52.9 Å². The predicted molar refractivity (Wildman–Crippen MR) is 110 cm³/mol. The molecule has 8 heteroatoms. The predicted octanol–water partition coefficient (Wildman–Crippen LogP) is 1.47. The molecule has 0 amide bonds. The van der Waals surface area contributed by atoms with Crippen molar-refractivity contribution in [2.24, 2.45) is 4.99 Å². The number of aromatic nitrogens is 1. The molecule has 0 spiro atoms. The fourth-order valence-electron chi connectivity index (χ4n) is 3.35. The van der Waals surface area contributed by atoms with Gasteiger partial charge in [0.2, 0.25) is 0 Å². The Bertz CT molecular complexity index is 511. The molecule has 2 fully saturated rings. The number of aliphatic imine (C=N–C) groups is 1. The Morgan fingerprint density at radius 2 is 2.12 bits per heavy atom. The van der Waals surface area contributed by atoms with E-state index in [0.29, 0.717) is 0 Å².